The highest BCUT2D eigenvalue weighted by Gasteiger charge is 2.20. The van der Waals surface area contributed by atoms with E-state index in [1.54, 1.807) is 6.26 Å². The molecule has 0 atom stereocenters. The van der Waals surface area contributed by atoms with Gasteiger partial charge in [-0.1, -0.05) is 19.3 Å². The van der Waals surface area contributed by atoms with Crippen molar-refractivity contribution in [2.75, 3.05) is 6.61 Å². The van der Waals surface area contributed by atoms with E-state index in [0.29, 0.717) is 36.4 Å². The van der Waals surface area contributed by atoms with Gasteiger partial charge in [-0.05, 0) is 68.4 Å². The minimum atomic E-state index is -0.110. The summed E-state index contributed by atoms with van der Waals surface area (Å²) >= 11 is 5.76. The molecule has 3 aromatic rings. The number of furan rings is 1. The van der Waals surface area contributed by atoms with E-state index >= 15 is 0 Å². The van der Waals surface area contributed by atoms with Gasteiger partial charge in [0.2, 0.25) is 0 Å². The van der Waals surface area contributed by atoms with E-state index in [2.05, 4.69) is 10.3 Å². The number of aromatic nitrogens is 1. The van der Waals surface area contributed by atoms with Crippen molar-refractivity contribution in [3.05, 3.63) is 64.3 Å². The molecule has 2 heterocycles. The zero-order valence-corrected chi connectivity index (χ0v) is 18.7. The Bertz CT molecular complexity index is 1070. The van der Waals surface area contributed by atoms with Crippen LogP contribution in [0.1, 0.15) is 50.4 Å². The molecule has 0 aliphatic heterocycles. The van der Waals surface area contributed by atoms with Gasteiger partial charge in [0.05, 0.1) is 26.0 Å². The third-order valence-electron chi connectivity index (χ3n) is 5.71. The molecule has 0 bridgehead atoms. The molecule has 6 nitrogen and oxygen atoms in total. The standard InChI is InChI=1S/C24H29N3O3S/c1-2-29-20-10-11-22-17(14-20)13-18(23(28)26-22)15-27(16-21-9-6-12-30-21)24(31)25-19-7-4-3-5-8-19/h6,9-14,19H,2-5,7-8,15-16H2,1H3,(H,25,31)(H,26,28). The van der Waals surface area contributed by atoms with Crippen LogP contribution >= 0.6 is 12.2 Å². The fourth-order valence-electron chi connectivity index (χ4n) is 4.11. The second kappa shape index (κ2) is 10.0. The smallest absolute Gasteiger partial charge is 0.253 e. The van der Waals surface area contributed by atoms with Crippen molar-refractivity contribution in [2.24, 2.45) is 0 Å². The second-order valence-corrected chi connectivity index (χ2v) is 8.41. The summed E-state index contributed by atoms with van der Waals surface area (Å²) < 4.78 is 11.2. The van der Waals surface area contributed by atoms with Crippen molar-refractivity contribution in [2.45, 2.75) is 58.2 Å². The lowest BCUT2D eigenvalue weighted by atomic mass is 9.96. The van der Waals surface area contributed by atoms with Crippen molar-refractivity contribution in [1.29, 1.82) is 0 Å². The van der Waals surface area contributed by atoms with Gasteiger partial charge in [-0.25, -0.2) is 0 Å². The van der Waals surface area contributed by atoms with Crippen molar-refractivity contribution in [3.8, 4) is 5.75 Å². The number of nitrogens with one attached hydrogen (secondary N) is 2. The quantitative estimate of drug-likeness (QED) is 0.519. The Morgan fingerprint density at radius 1 is 1.23 bits per heavy atom. The summed E-state index contributed by atoms with van der Waals surface area (Å²) in [5.41, 5.74) is 1.33. The molecule has 0 amide bonds. The van der Waals surface area contributed by atoms with Gasteiger partial charge in [0.25, 0.3) is 5.56 Å². The Labute approximate surface area is 187 Å². The molecule has 0 unspecified atom stereocenters. The van der Waals surface area contributed by atoms with Crippen LogP contribution < -0.4 is 15.6 Å². The molecular formula is C24H29N3O3S. The summed E-state index contributed by atoms with van der Waals surface area (Å²) in [7, 11) is 0. The number of pyridine rings is 1. The molecule has 1 aliphatic carbocycles. The van der Waals surface area contributed by atoms with Crippen molar-refractivity contribution in [1.82, 2.24) is 15.2 Å². The Balaban J connectivity index is 1.58. The first-order valence-electron chi connectivity index (χ1n) is 11.0. The first kappa shape index (κ1) is 21.4. The fraction of sp³-hybridized carbons (Fsp3) is 0.417. The van der Waals surface area contributed by atoms with Crippen LogP contribution in [0.15, 0.2) is 51.9 Å². The summed E-state index contributed by atoms with van der Waals surface area (Å²) in [6.45, 7) is 3.44. The Morgan fingerprint density at radius 3 is 2.81 bits per heavy atom. The largest absolute Gasteiger partial charge is 0.494 e. The van der Waals surface area contributed by atoms with Gasteiger partial charge in [0.1, 0.15) is 11.5 Å². The van der Waals surface area contributed by atoms with Gasteiger partial charge in [-0.15, -0.1) is 0 Å². The molecule has 7 heteroatoms. The second-order valence-electron chi connectivity index (χ2n) is 8.03. The fourth-order valence-corrected chi connectivity index (χ4v) is 4.41. The lowest BCUT2D eigenvalue weighted by Crippen LogP contribution is -2.45. The van der Waals surface area contributed by atoms with Crippen LogP contribution in [0.3, 0.4) is 0 Å². The number of H-pyrrole nitrogens is 1. The number of fused-ring (bicyclic) bond motifs is 1. The summed E-state index contributed by atoms with van der Waals surface area (Å²) in [6, 6.07) is 11.8. The lowest BCUT2D eigenvalue weighted by Gasteiger charge is -2.30. The Morgan fingerprint density at radius 2 is 2.06 bits per heavy atom. The third-order valence-corrected chi connectivity index (χ3v) is 6.09. The summed E-state index contributed by atoms with van der Waals surface area (Å²) in [5.74, 6) is 1.60. The normalized spacial score (nSPS) is 14.5. The molecule has 31 heavy (non-hydrogen) atoms. The first-order valence-corrected chi connectivity index (χ1v) is 11.4. The molecule has 0 spiro atoms. The summed E-state index contributed by atoms with van der Waals surface area (Å²) in [5, 5.41) is 5.11. The number of thiocarbonyl (C=S) groups is 1. The Kier molecular flexibility index (Phi) is 6.92. The molecule has 0 saturated heterocycles. The van der Waals surface area contributed by atoms with E-state index < -0.39 is 0 Å². The van der Waals surface area contributed by atoms with E-state index in [1.165, 1.54) is 19.3 Å². The zero-order valence-electron chi connectivity index (χ0n) is 17.9. The minimum Gasteiger partial charge on any atom is -0.494 e. The number of hydrogen-bond acceptors (Lipinski definition) is 4. The SMILES string of the molecule is CCOc1ccc2[nH]c(=O)c(CN(Cc3ccco3)C(=S)NC3CCCCC3)cc2c1. The van der Waals surface area contributed by atoms with Crippen molar-refractivity contribution < 1.29 is 9.15 Å². The van der Waals surface area contributed by atoms with Crippen molar-refractivity contribution >= 4 is 28.2 Å². The zero-order chi connectivity index (χ0) is 21.6. The van der Waals surface area contributed by atoms with Gasteiger partial charge in [0, 0.05) is 22.5 Å². The number of ether oxygens (including phenoxy) is 1. The minimum absolute atomic E-state index is 0.110. The molecule has 1 saturated carbocycles. The molecule has 1 fully saturated rings. The maximum absolute atomic E-state index is 12.8. The van der Waals surface area contributed by atoms with E-state index in [4.69, 9.17) is 21.4 Å². The number of aromatic amines is 1. The van der Waals surface area contributed by atoms with Crippen molar-refractivity contribution in [3.63, 3.8) is 0 Å². The van der Waals surface area contributed by atoms with Gasteiger partial charge >= 0.3 is 0 Å². The molecule has 4 rings (SSSR count). The topological polar surface area (TPSA) is 70.5 Å². The van der Waals surface area contributed by atoms with Gasteiger partial charge < -0.3 is 24.4 Å². The summed E-state index contributed by atoms with van der Waals surface area (Å²) in [6.07, 6.45) is 7.66. The third kappa shape index (κ3) is 5.47. The highest BCUT2D eigenvalue weighted by Crippen LogP contribution is 2.21. The predicted octanol–water partition coefficient (Wildman–Crippen LogP) is 4.73. The van der Waals surface area contributed by atoms with Gasteiger partial charge in [-0.3, -0.25) is 4.79 Å². The lowest BCUT2D eigenvalue weighted by molar-refractivity contribution is 0.334. The van der Waals surface area contributed by atoms with Crippen LogP contribution in [0, 0.1) is 0 Å². The van der Waals surface area contributed by atoms with Crippen LogP contribution in [-0.4, -0.2) is 27.6 Å². The molecule has 0 radical (unpaired) electrons. The van der Waals surface area contributed by atoms with E-state index in [-0.39, 0.29) is 5.56 Å². The molecular weight excluding hydrogens is 410 g/mol. The van der Waals surface area contributed by atoms with E-state index in [9.17, 15) is 4.79 Å². The molecule has 2 N–H and O–H groups in total. The number of nitrogens with zero attached hydrogens (tertiary/aromatic N) is 1. The molecule has 164 valence electrons. The Hall–Kier alpha value is -2.80. The highest BCUT2D eigenvalue weighted by atomic mass is 32.1. The van der Waals surface area contributed by atoms with Crippen LogP contribution in [0.5, 0.6) is 5.75 Å². The molecule has 2 aromatic heterocycles. The van der Waals surface area contributed by atoms with E-state index in [0.717, 1.165) is 35.3 Å². The highest BCUT2D eigenvalue weighted by molar-refractivity contribution is 7.80. The van der Waals surface area contributed by atoms with Gasteiger partial charge in [0.15, 0.2) is 5.11 Å². The molecule has 1 aliphatic rings. The first-order chi connectivity index (χ1) is 15.1. The van der Waals surface area contributed by atoms with Gasteiger partial charge in [-0.2, -0.15) is 0 Å². The average Bonchev–Trinajstić information content (AvgIpc) is 3.28. The number of hydrogen-bond donors (Lipinski definition) is 2. The number of benzene rings is 1. The van der Waals surface area contributed by atoms with Crippen LogP contribution in [0.25, 0.3) is 10.9 Å². The maximum atomic E-state index is 12.8. The monoisotopic (exact) mass is 439 g/mol. The van der Waals surface area contributed by atoms with E-state index in [1.807, 2.05) is 48.2 Å². The number of rotatable bonds is 7. The van der Waals surface area contributed by atoms with Crippen LogP contribution in [-0.2, 0) is 13.1 Å². The predicted molar refractivity (Wildman–Crippen MR) is 126 cm³/mol. The maximum Gasteiger partial charge on any atom is 0.253 e. The van der Waals surface area contributed by atoms with Crippen LogP contribution in [0.2, 0.25) is 0 Å². The summed E-state index contributed by atoms with van der Waals surface area (Å²) in [4.78, 5) is 17.8. The average molecular weight is 440 g/mol. The van der Waals surface area contributed by atoms with Crippen LogP contribution in [0.4, 0.5) is 0 Å². The molecule has 1 aromatic carbocycles.